The second-order valence-corrected chi connectivity index (χ2v) is 5.05. The average molecular weight is 406 g/mol. The van der Waals surface area contributed by atoms with E-state index in [1.165, 1.54) is 0 Å². The highest BCUT2D eigenvalue weighted by Crippen LogP contribution is 2.22. The van der Waals surface area contributed by atoms with E-state index in [1.807, 2.05) is 49.0 Å². The lowest BCUT2D eigenvalue weighted by molar-refractivity contribution is -0.670. The van der Waals surface area contributed by atoms with E-state index in [-0.39, 0.29) is 36.0 Å². The van der Waals surface area contributed by atoms with E-state index in [9.17, 15) is 4.79 Å². The van der Waals surface area contributed by atoms with Crippen LogP contribution in [0.2, 0.25) is 5.02 Å². The Kier molecular flexibility index (Phi) is 6.01. The monoisotopic (exact) mass is 405 g/mol. The first-order valence-corrected chi connectivity index (χ1v) is 6.42. The number of amides is 1. The molecule has 1 aromatic carbocycles. The van der Waals surface area contributed by atoms with E-state index in [0.717, 1.165) is 5.56 Å². The number of carbonyl (C=O) groups excluding carboxylic acids is 1. The molecule has 0 radical (unpaired) electrons. The first kappa shape index (κ1) is 17.0. The van der Waals surface area contributed by atoms with Crippen molar-refractivity contribution >= 4 is 17.6 Å². The van der Waals surface area contributed by atoms with E-state index < -0.39 is 0 Å². The Morgan fingerprint density at radius 3 is 2.70 bits per heavy atom. The second kappa shape index (κ2) is 7.08. The fourth-order valence-corrected chi connectivity index (χ4v) is 2.10. The van der Waals surface area contributed by atoms with Crippen LogP contribution >= 0.6 is 11.6 Å². The summed E-state index contributed by atoms with van der Waals surface area (Å²) in [6.07, 6.45) is 5.31. The molecule has 0 bridgehead atoms. The highest BCUT2D eigenvalue weighted by atomic mass is 127. The number of rotatable bonds is 2. The average Bonchev–Trinajstić information content (AvgIpc) is 2.83. The SMILES string of the molecule is CC(c1cccc(Cl)c1)N(C)C(=O)n1cc[n+](C)c1.[I-]. The van der Waals surface area contributed by atoms with Crippen molar-refractivity contribution in [1.82, 2.24) is 9.47 Å². The molecule has 6 heteroatoms. The molecular formula is C14H17ClIN3O. The molecule has 0 spiro atoms. The number of aromatic nitrogens is 2. The smallest absolute Gasteiger partial charge is 0.416 e. The Hall–Kier alpha value is -1.08. The lowest BCUT2D eigenvalue weighted by Gasteiger charge is -2.23. The number of hydrogen-bond acceptors (Lipinski definition) is 1. The molecule has 2 aromatic rings. The number of hydrogen-bond donors (Lipinski definition) is 0. The summed E-state index contributed by atoms with van der Waals surface area (Å²) in [4.78, 5) is 14.0. The van der Waals surface area contributed by atoms with Gasteiger partial charge >= 0.3 is 6.03 Å². The number of imidazole rings is 1. The van der Waals surface area contributed by atoms with Crippen molar-refractivity contribution in [2.24, 2.45) is 7.05 Å². The third-order valence-corrected chi connectivity index (χ3v) is 3.44. The zero-order valence-electron chi connectivity index (χ0n) is 11.6. The van der Waals surface area contributed by atoms with Gasteiger partial charge in [-0.15, -0.1) is 0 Å². The molecule has 0 aliphatic heterocycles. The third kappa shape index (κ3) is 3.73. The summed E-state index contributed by atoms with van der Waals surface area (Å²) < 4.78 is 3.39. The van der Waals surface area contributed by atoms with Gasteiger partial charge in [0.1, 0.15) is 12.4 Å². The van der Waals surface area contributed by atoms with Crippen LogP contribution in [0.25, 0.3) is 0 Å². The molecule has 1 unspecified atom stereocenters. The predicted octanol–water partition coefficient (Wildman–Crippen LogP) is -0.369. The van der Waals surface area contributed by atoms with Crippen molar-refractivity contribution in [3.63, 3.8) is 0 Å². The minimum absolute atomic E-state index is 0. The Morgan fingerprint density at radius 2 is 2.15 bits per heavy atom. The van der Waals surface area contributed by atoms with Crippen LogP contribution < -0.4 is 28.5 Å². The molecule has 20 heavy (non-hydrogen) atoms. The Balaban J connectivity index is 0.00000200. The molecule has 0 fully saturated rings. The van der Waals surface area contributed by atoms with Crippen LogP contribution in [0, 0.1) is 0 Å². The van der Waals surface area contributed by atoms with Gasteiger partial charge in [0.25, 0.3) is 6.33 Å². The van der Waals surface area contributed by atoms with Gasteiger partial charge in [-0.05, 0) is 24.6 Å². The zero-order valence-corrected chi connectivity index (χ0v) is 14.5. The first-order chi connectivity index (χ1) is 8.99. The summed E-state index contributed by atoms with van der Waals surface area (Å²) >= 11 is 5.98. The van der Waals surface area contributed by atoms with Crippen molar-refractivity contribution in [3.05, 3.63) is 53.6 Å². The van der Waals surface area contributed by atoms with Crippen LogP contribution in [0.15, 0.2) is 43.0 Å². The van der Waals surface area contributed by atoms with Crippen LogP contribution in [0.4, 0.5) is 4.79 Å². The van der Waals surface area contributed by atoms with Crippen molar-refractivity contribution in [2.45, 2.75) is 13.0 Å². The van der Waals surface area contributed by atoms with Crippen molar-refractivity contribution in [3.8, 4) is 0 Å². The summed E-state index contributed by atoms with van der Waals surface area (Å²) in [5.74, 6) is 0. The molecule has 0 aliphatic rings. The molecule has 0 saturated carbocycles. The van der Waals surface area contributed by atoms with Gasteiger partial charge in [0.2, 0.25) is 0 Å². The number of carbonyl (C=O) groups is 1. The molecule has 0 saturated heterocycles. The van der Waals surface area contributed by atoms with Gasteiger partial charge in [0, 0.05) is 12.1 Å². The van der Waals surface area contributed by atoms with E-state index in [0.29, 0.717) is 5.02 Å². The first-order valence-electron chi connectivity index (χ1n) is 6.05. The predicted molar refractivity (Wildman–Crippen MR) is 74.0 cm³/mol. The van der Waals surface area contributed by atoms with E-state index in [1.54, 1.807) is 29.0 Å². The molecule has 108 valence electrons. The summed E-state index contributed by atoms with van der Waals surface area (Å²) in [5.41, 5.74) is 1.01. The largest absolute Gasteiger partial charge is 1.00 e. The highest BCUT2D eigenvalue weighted by molar-refractivity contribution is 6.30. The molecule has 1 heterocycles. The quantitative estimate of drug-likeness (QED) is 0.495. The molecular weight excluding hydrogens is 389 g/mol. The van der Waals surface area contributed by atoms with Crippen molar-refractivity contribution < 1.29 is 33.3 Å². The molecule has 1 amide bonds. The lowest BCUT2D eigenvalue weighted by Crippen LogP contribution is -3.00. The zero-order chi connectivity index (χ0) is 14.0. The number of benzene rings is 1. The fraction of sp³-hybridized carbons (Fsp3) is 0.286. The Morgan fingerprint density at radius 1 is 1.45 bits per heavy atom. The van der Waals surface area contributed by atoms with Crippen molar-refractivity contribution in [1.29, 1.82) is 0 Å². The maximum atomic E-state index is 12.3. The molecule has 0 aliphatic carbocycles. The maximum absolute atomic E-state index is 12.3. The number of nitrogens with zero attached hydrogens (tertiary/aromatic N) is 3. The van der Waals surface area contributed by atoms with Gasteiger partial charge in [-0.2, -0.15) is 4.57 Å². The van der Waals surface area contributed by atoms with Gasteiger partial charge in [0.15, 0.2) is 0 Å². The Bertz CT molecular complexity index is 600. The van der Waals surface area contributed by atoms with Crippen LogP contribution in [0.3, 0.4) is 0 Å². The van der Waals surface area contributed by atoms with Gasteiger partial charge in [-0.1, -0.05) is 23.7 Å². The third-order valence-electron chi connectivity index (χ3n) is 3.20. The Labute approximate surface area is 141 Å². The summed E-state index contributed by atoms with van der Waals surface area (Å²) in [6.45, 7) is 1.98. The standard InChI is InChI=1S/C14H17ClN3O.HI/c1-11(12-5-4-6-13(15)9-12)17(3)14(19)18-8-7-16(2)10-18;/h4-11H,1-3H3;1H/q+1;/p-1. The maximum Gasteiger partial charge on any atom is 0.416 e. The molecule has 1 atom stereocenters. The van der Waals surface area contributed by atoms with Gasteiger partial charge in [-0.25, -0.2) is 9.36 Å². The lowest BCUT2D eigenvalue weighted by atomic mass is 10.1. The molecule has 1 aromatic heterocycles. The van der Waals surface area contributed by atoms with Crippen LogP contribution in [0.1, 0.15) is 18.5 Å². The van der Waals surface area contributed by atoms with Crippen molar-refractivity contribution in [2.75, 3.05) is 7.05 Å². The minimum Gasteiger partial charge on any atom is -1.00 e. The van der Waals surface area contributed by atoms with E-state index >= 15 is 0 Å². The van der Waals surface area contributed by atoms with Gasteiger partial charge in [0.05, 0.1) is 13.1 Å². The topological polar surface area (TPSA) is 29.1 Å². The molecule has 0 N–H and O–H groups in total. The van der Waals surface area contributed by atoms with Crippen LogP contribution in [-0.2, 0) is 7.05 Å². The number of halogens is 2. The molecule has 4 nitrogen and oxygen atoms in total. The van der Waals surface area contributed by atoms with Crippen LogP contribution in [0.5, 0.6) is 0 Å². The number of aryl methyl sites for hydroxylation is 1. The van der Waals surface area contributed by atoms with E-state index in [2.05, 4.69) is 0 Å². The summed E-state index contributed by atoms with van der Waals surface area (Å²) in [5, 5.41) is 0.678. The second-order valence-electron chi connectivity index (χ2n) is 4.61. The fourth-order valence-electron chi connectivity index (χ4n) is 1.90. The normalized spacial score (nSPS) is 11.6. The van der Waals surface area contributed by atoms with Crippen LogP contribution in [-0.4, -0.2) is 22.5 Å². The van der Waals surface area contributed by atoms with Gasteiger partial charge in [-0.3, -0.25) is 0 Å². The van der Waals surface area contributed by atoms with Gasteiger partial charge < -0.3 is 28.9 Å². The summed E-state index contributed by atoms with van der Waals surface area (Å²) in [7, 11) is 3.66. The highest BCUT2D eigenvalue weighted by Gasteiger charge is 2.22. The molecule has 2 rings (SSSR count). The van der Waals surface area contributed by atoms with E-state index in [4.69, 9.17) is 11.6 Å². The minimum atomic E-state index is -0.0759. The summed E-state index contributed by atoms with van der Waals surface area (Å²) in [6, 6.07) is 7.45.